The molecule has 4 nitrogen and oxygen atoms in total. The molecule has 20 heavy (non-hydrogen) atoms. The first-order valence-corrected chi connectivity index (χ1v) is 6.51. The molecule has 108 valence electrons. The fourth-order valence-electron chi connectivity index (χ4n) is 1.74. The largest absolute Gasteiger partial charge is 0.338 e. The maximum absolute atomic E-state index is 12.3. The highest BCUT2D eigenvalue weighted by molar-refractivity contribution is 6.30. The summed E-state index contributed by atoms with van der Waals surface area (Å²) >= 11 is 5.81. The van der Waals surface area contributed by atoms with E-state index in [1.54, 1.807) is 0 Å². The van der Waals surface area contributed by atoms with E-state index in [4.69, 9.17) is 16.1 Å². The first-order chi connectivity index (χ1) is 9.54. The Balaban J connectivity index is 1.82. The molecule has 1 aromatic heterocycles. The summed E-state index contributed by atoms with van der Waals surface area (Å²) in [6, 6.07) is 7.69. The van der Waals surface area contributed by atoms with Crippen LogP contribution in [0.4, 0.5) is 8.78 Å². The van der Waals surface area contributed by atoms with Crippen LogP contribution in [0.25, 0.3) is 0 Å². The zero-order valence-electron chi connectivity index (χ0n) is 10.8. The molecule has 0 saturated carbocycles. The molecule has 0 unspecified atom stereocenters. The zero-order chi connectivity index (χ0) is 14.5. The van der Waals surface area contributed by atoms with Crippen LogP contribution in [-0.4, -0.2) is 16.2 Å². The first kappa shape index (κ1) is 14.9. The lowest BCUT2D eigenvalue weighted by Crippen LogP contribution is -2.27. The minimum absolute atomic E-state index is 0.137. The molecular formula is C13H14ClF2N3O. The summed E-state index contributed by atoms with van der Waals surface area (Å²) in [5.41, 5.74) is 1.13. The van der Waals surface area contributed by atoms with E-state index in [2.05, 4.69) is 15.5 Å². The zero-order valence-corrected chi connectivity index (χ0v) is 11.6. The van der Waals surface area contributed by atoms with Crippen LogP contribution >= 0.6 is 11.6 Å². The summed E-state index contributed by atoms with van der Waals surface area (Å²) in [5, 5.41) is 7.03. The van der Waals surface area contributed by atoms with Gasteiger partial charge in [0.05, 0.1) is 6.54 Å². The molecule has 1 N–H and O–H groups in total. The highest BCUT2D eigenvalue weighted by atomic mass is 35.5. The van der Waals surface area contributed by atoms with Crippen molar-refractivity contribution in [2.24, 2.45) is 0 Å². The van der Waals surface area contributed by atoms with Crippen LogP contribution < -0.4 is 5.32 Å². The Morgan fingerprint density at radius 2 is 2.00 bits per heavy atom. The number of nitrogens with zero attached hydrogens (tertiary/aromatic N) is 2. The molecule has 0 aliphatic heterocycles. The number of rotatable bonds is 6. The number of benzene rings is 1. The van der Waals surface area contributed by atoms with Gasteiger partial charge in [-0.2, -0.15) is 4.98 Å². The number of aromatic nitrogens is 2. The molecule has 1 heterocycles. The fraction of sp³-hybridized carbons (Fsp3) is 0.385. The summed E-state index contributed by atoms with van der Waals surface area (Å²) in [6.07, 6.45) is -1.92. The molecule has 0 saturated heterocycles. The Bertz CT molecular complexity index is 545. The van der Waals surface area contributed by atoms with E-state index in [1.165, 1.54) is 0 Å². The smallest absolute Gasteiger partial charge is 0.300 e. The standard InChI is InChI=1S/C13H14ClF2N3O/c1-8(6-9-2-4-10(14)5-3-9)17-7-11-18-13(12(15)16)19-20-11/h2-5,8,12,17H,6-7H2,1H3/t8-/m1/s1. The molecule has 0 amide bonds. The molecule has 0 aliphatic carbocycles. The molecular weight excluding hydrogens is 288 g/mol. The fourth-order valence-corrected chi connectivity index (χ4v) is 1.86. The van der Waals surface area contributed by atoms with Crippen LogP contribution in [0.2, 0.25) is 5.02 Å². The second kappa shape index (κ2) is 6.76. The van der Waals surface area contributed by atoms with Crippen LogP contribution in [0.5, 0.6) is 0 Å². The highest BCUT2D eigenvalue weighted by Gasteiger charge is 2.15. The molecule has 0 aliphatic rings. The van der Waals surface area contributed by atoms with Crippen molar-refractivity contribution in [3.63, 3.8) is 0 Å². The van der Waals surface area contributed by atoms with Gasteiger partial charge in [0, 0.05) is 11.1 Å². The summed E-state index contributed by atoms with van der Waals surface area (Å²) in [6.45, 7) is 2.24. The number of hydrogen-bond donors (Lipinski definition) is 1. The van der Waals surface area contributed by atoms with Gasteiger partial charge in [0.15, 0.2) is 0 Å². The van der Waals surface area contributed by atoms with Gasteiger partial charge in [-0.15, -0.1) is 0 Å². The molecule has 2 aromatic rings. The highest BCUT2D eigenvalue weighted by Crippen LogP contribution is 2.14. The maximum atomic E-state index is 12.3. The normalized spacial score (nSPS) is 12.8. The van der Waals surface area contributed by atoms with E-state index in [1.807, 2.05) is 31.2 Å². The number of nitrogens with one attached hydrogen (secondary N) is 1. The van der Waals surface area contributed by atoms with Crippen molar-refractivity contribution in [3.8, 4) is 0 Å². The lowest BCUT2D eigenvalue weighted by Gasteiger charge is -2.12. The van der Waals surface area contributed by atoms with Crippen molar-refractivity contribution in [2.45, 2.75) is 32.4 Å². The summed E-state index contributed by atoms with van der Waals surface area (Å²) in [5.74, 6) is -0.421. The van der Waals surface area contributed by atoms with Gasteiger partial charge in [0.2, 0.25) is 11.7 Å². The number of halogens is 3. The molecule has 7 heteroatoms. The average molecular weight is 302 g/mol. The van der Waals surface area contributed by atoms with Crippen LogP contribution in [0, 0.1) is 0 Å². The molecule has 1 atom stereocenters. The minimum Gasteiger partial charge on any atom is -0.338 e. The van der Waals surface area contributed by atoms with Crippen LogP contribution in [0.1, 0.15) is 30.6 Å². The summed E-state index contributed by atoms with van der Waals surface area (Å²) < 4.78 is 29.3. The quantitative estimate of drug-likeness (QED) is 0.888. The Hall–Kier alpha value is -1.53. The van der Waals surface area contributed by atoms with Gasteiger partial charge in [-0.25, -0.2) is 8.78 Å². The van der Waals surface area contributed by atoms with Crippen molar-refractivity contribution in [3.05, 3.63) is 46.6 Å². The van der Waals surface area contributed by atoms with Gasteiger partial charge in [-0.3, -0.25) is 0 Å². The summed E-state index contributed by atoms with van der Waals surface area (Å²) in [7, 11) is 0. The van der Waals surface area contributed by atoms with E-state index in [-0.39, 0.29) is 18.5 Å². The van der Waals surface area contributed by atoms with Gasteiger partial charge in [-0.05, 0) is 31.0 Å². The monoisotopic (exact) mass is 301 g/mol. The van der Waals surface area contributed by atoms with Gasteiger partial charge < -0.3 is 9.84 Å². The van der Waals surface area contributed by atoms with Gasteiger partial charge in [0.25, 0.3) is 0 Å². The third kappa shape index (κ3) is 4.25. The Labute approximate surface area is 120 Å². The van der Waals surface area contributed by atoms with E-state index >= 15 is 0 Å². The van der Waals surface area contributed by atoms with Gasteiger partial charge >= 0.3 is 6.43 Å². The van der Waals surface area contributed by atoms with Crippen molar-refractivity contribution in [2.75, 3.05) is 0 Å². The SMILES string of the molecule is C[C@H](Cc1ccc(Cl)cc1)NCc1nc(C(F)F)no1. The topological polar surface area (TPSA) is 51.0 Å². The molecule has 0 fully saturated rings. The van der Waals surface area contributed by atoms with Crippen molar-refractivity contribution in [1.82, 2.24) is 15.5 Å². The number of alkyl halides is 2. The lowest BCUT2D eigenvalue weighted by molar-refractivity contribution is 0.136. The van der Waals surface area contributed by atoms with Gasteiger partial charge in [0.1, 0.15) is 0 Å². The van der Waals surface area contributed by atoms with E-state index in [0.29, 0.717) is 5.02 Å². The van der Waals surface area contributed by atoms with E-state index in [9.17, 15) is 8.78 Å². The Morgan fingerprint density at radius 3 is 2.60 bits per heavy atom. The first-order valence-electron chi connectivity index (χ1n) is 6.13. The van der Waals surface area contributed by atoms with Gasteiger partial charge in [-0.1, -0.05) is 28.9 Å². The third-order valence-corrected chi connectivity index (χ3v) is 2.99. The Morgan fingerprint density at radius 1 is 1.30 bits per heavy atom. The second-order valence-electron chi connectivity index (χ2n) is 4.46. The average Bonchev–Trinajstić information content (AvgIpc) is 2.88. The van der Waals surface area contributed by atoms with E-state index in [0.717, 1.165) is 12.0 Å². The second-order valence-corrected chi connectivity index (χ2v) is 4.90. The number of hydrogen-bond acceptors (Lipinski definition) is 4. The summed E-state index contributed by atoms with van der Waals surface area (Å²) in [4.78, 5) is 3.59. The third-order valence-electron chi connectivity index (χ3n) is 2.74. The molecule has 0 radical (unpaired) electrons. The molecule has 1 aromatic carbocycles. The van der Waals surface area contributed by atoms with Crippen LogP contribution in [0.15, 0.2) is 28.8 Å². The molecule has 0 bridgehead atoms. The van der Waals surface area contributed by atoms with Crippen LogP contribution in [0.3, 0.4) is 0 Å². The molecule has 0 spiro atoms. The molecule has 2 rings (SSSR count). The van der Waals surface area contributed by atoms with Crippen molar-refractivity contribution < 1.29 is 13.3 Å². The van der Waals surface area contributed by atoms with E-state index < -0.39 is 12.2 Å². The van der Waals surface area contributed by atoms with Crippen molar-refractivity contribution in [1.29, 1.82) is 0 Å². The Kier molecular flexibility index (Phi) is 5.03. The predicted octanol–water partition coefficient (Wildman–Crippen LogP) is 3.38. The van der Waals surface area contributed by atoms with Crippen molar-refractivity contribution >= 4 is 11.6 Å². The predicted molar refractivity (Wildman–Crippen MR) is 70.7 cm³/mol. The lowest BCUT2D eigenvalue weighted by atomic mass is 10.1. The minimum atomic E-state index is -2.71. The maximum Gasteiger partial charge on any atom is 0.300 e. The van der Waals surface area contributed by atoms with Crippen LogP contribution in [-0.2, 0) is 13.0 Å².